The van der Waals surface area contributed by atoms with Gasteiger partial charge in [0.25, 0.3) is 5.91 Å². The number of amides is 1. The molecule has 1 heterocycles. The SMILES string of the molecule is CCOc1ccccc1C(N)(C(=O)NCCc1cc(F)cc2c1OCOC2)C(F)(F)F. The molecule has 3 N–H and O–H groups in total. The van der Waals surface area contributed by atoms with Gasteiger partial charge < -0.3 is 25.3 Å². The van der Waals surface area contributed by atoms with Gasteiger partial charge in [-0.1, -0.05) is 18.2 Å². The first-order valence-corrected chi connectivity index (χ1v) is 9.56. The van der Waals surface area contributed by atoms with Crippen molar-refractivity contribution in [2.45, 2.75) is 31.7 Å². The molecule has 1 atom stereocenters. The standard InChI is InChI=1S/C21H22F4N2O4/c1-2-30-17-6-4-3-5-16(17)20(26,21(23,24)25)19(28)27-8-7-13-9-15(22)10-14-11-29-12-31-18(13)14/h3-6,9-10H,2,7-8,11-12,26H2,1H3,(H,27,28). The third-order valence-electron chi connectivity index (χ3n) is 4.85. The molecule has 2 aromatic rings. The zero-order chi connectivity index (χ0) is 22.6. The molecule has 0 saturated carbocycles. The van der Waals surface area contributed by atoms with Crippen LogP contribution in [0.3, 0.4) is 0 Å². The summed E-state index contributed by atoms with van der Waals surface area (Å²) in [4.78, 5) is 12.7. The Labute approximate surface area is 176 Å². The van der Waals surface area contributed by atoms with Gasteiger partial charge in [-0.2, -0.15) is 13.2 Å². The lowest BCUT2D eigenvalue weighted by Gasteiger charge is -2.32. The number of ether oxygens (including phenoxy) is 3. The molecule has 1 unspecified atom stereocenters. The smallest absolute Gasteiger partial charge is 0.419 e. The van der Waals surface area contributed by atoms with E-state index in [1.807, 2.05) is 0 Å². The Kier molecular flexibility index (Phi) is 6.71. The summed E-state index contributed by atoms with van der Waals surface area (Å²) in [6.07, 6.45) is -5.06. The summed E-state index contributed by atoms with van der Waals surface area (Å²) in [5.41, 5.74) is 2.74. The van der Waals surface area contributed by atoms with Crippen LogP contribution in [0.25, 0.3) is 0 Å². The Balaban J connectivity index is 1.81. The van der Waals surface area contributed by atoms with Gasteiger partial charge in [0, 0.05) is 17.7 Å². The van der Waals surface area contributed by atoms with Crippen molar-refractivity contribution in [1.29, 1.82) is 0 Å². The number of benzene rings is 2. The quantitative estimate of drug-likeness (QED) is 0.644. The van der Waals surface area contributed by atoms with E-state index in [1.165, 1.54) is 30.3 Å². The summed E-state index contributed by atoms with van der Waals surface area (Å²) < 4.78 is 71.5. The van der Waals surface area contributed by atoms with Crippen LogP contribution in [0.1, 0.15) is 23.6 Å². The van der Waals surface area contributed by atoms with Gasteiger partial charge in [-0.05, 0) is 37.1 Å². The van der Waals surface area contributed by atoms with Crippen LogP contribution in [0.4, 0.5) is 17.6 Å². The van der Waals surface area contributed by atoms with Crippen molar-refractivity contribution in [1.82, 2.24) is 5.32 Å². The van der Waals surface area contributed by atoms with Crippen molar-refractivity contribution >= 4 is 5.91 Å². The molecule has 0 aromatic heterocycles. The van der Waals surface area contributed by atoms with Crippen molar-refractivity contribution in [2.24, 2.45) is 5.73 Å². The van der Waals surface area contributed by atoms with Crippen LogP contribution < -0.4 is 20.5 Å². The van der Waals surface area contributed by atoms with E-state index in [9.17, 15) is 22.4 Å². The van der Waals surface area contributed by atoms with Crippen LogP contribution in [-0.4, -0.2) is 32.0 Å². The molecule has 0 fully saturated rings. The Morgan fingerprint density at radius 1 is 1.26 bits per heavy atom. The molecule has 168 valence electrons. The van der Waals surface area contributed by atoms with Crippen molar-refractivity contribution < 1.29 is 36.6 Å². The predicted molar refractivity (Wildman–Crippen MR) is 103 cm³/mol. The van der Waals surface area contributed by atoms with Crippen LogP contribution in [0.15, 0.2) is 36.4 Å². The molecule has 3 rings (SSSR count). The fraction of sp³-hybridized carbons (Fsp3) is 0.381. The zero-order valence-electron chi connectivity index (χ0n) is 16.7. The fourth-order valence-corrected chi connectivity index (χ4v) is 3.37. The maximum absolute atomic E-state index is 14.0. The molecular formula is C21H22F4N2O4. The van der Waals surface area contributed by atoms with Crippen LogP contribution >= 0.6 is 0 Å². The number of hydrogen-bond acceptors (Lipinski definition) is 5. The Hall–Kier alpha value is -2.85. The van der Waals surface area contributed by atoms with Gasteiger partial charge in [0.1, 0.15) is 17.3 Å². The summed E-state index contributed by atoms with van der Waals surface area (Å²) in [6, 6.07) is 7.72. The number of rotatable bonds is 7. The van der Waals surface area contributed by atoms with E-state index >= 15 is 0 Å². The lowest BCUT2D eigenvalue weighted by molar-refractivity contribution is -0.194. The third kappa shape index (κ3) is 4.59. The topological polar surface area (TPSA) is 82.8 Å². The van der Waals surface area contributed by atoms with Crippen molar-refractivity contribution in [3.05, 3.63) is 58.9 Å². The van der Waals surface area contributed by atoms with Crippen LogP contribution in [-0.2, 0) is 28.1 Å². The molecular weight excluding hydrogens is 420 g/mol. The molecule has 10 heteroatoms. The monoisotopic (exact) mass is 442 g/mol. The van der Waals surface area contributed by atoms with Crippen LogP contribution in [0.5, 0.6) is 11.5 Å². The molecule has 0 bridgehead atoms. The number of carbonyl (C=O) groups excluding carboxylic acids is 1. The number of halogens is 4. The largest absolute Gasteiger partial charge is 0.494 e. The number of hydrogen-bond donors (Lipinski definition) is 2. The molecule has 0 saturated heterocycles. The minimum Gasteiger partial charge on any atom is -0.494 e. The van der Waals surface area contributed by atoms with Gasteiger partial charge >= 0.3 is 6.18 Å². The highest BCUT2D eigenvalue weighted by Crippen LogP contribution is 2.41. The number of alkyl halides is 3. The predicted octanol–water partition coefficient (Wildman–Crippen LogP) is 3.17. The van der Waals surface area contributed by atoms with Crippen molar-refractivity contribution in [2.75, 3.05) is 19.9 Å². The van der Waals surface area contributed by atoms with Gasteiger partial charge in [-0.15, -0.1) is 0 Å². The number of fused-ring (bicyclic) bond motifs is 1. The molecule has 31 heavy (non-hydrogen) atoms. The molecule has 0 radical (unpaired) electrons. The van der Waals surface area contributed by atoms with Crippen molar-refractivity contribution in [3.8, 4) is 11.5 Å². The van der Waals surface area contributed by atoms with Gasteiger partial charge in [0.15, 0.2) is 6.79 Å². The first-order valence-electron chi connectivity index (χ1n) is 9.56. The maximum atomic E-state index is 14.0. The second-order valence-electron chi connectivity index (χ2n) is 6.90. The minimum absolute atomic E-state index is 0.0216. The Morgan fingerprint density at radius 2 is 2.00 bits per heavy atom. The minimum atomic E-state index is -5.09. The number of carbonyl (C=O) groups is 1. The molecule has 1 aliphatic heterocycles. The fourth-order valence-electron chi connectivity index (χ4n) is 3.37. The lowest BCUT2D eigenvalue weighted by atomic mass is 9.88. The summed E-state index contributed by atoms with van der Waals surface area (Å²) in [6.45, 7) is 1.62. The first kappa shape index (κ1) is 22.8. The van der Waals surface area contributed by atoms with Gasteiger partial charge in [-0.3, -0.25) is 4.79 Å². The Morgan fingerprint density at radius 3 is 2.71 bits per heavy atom. The normalized spacial score (nSPS) is 15.4. The van der Waals surface area contributed by atoms with E-state index in [1.54, 1.807) is 6.92 Å². The van der Waals surface area contributed by atoms with E-state index in [0.29, 0.717) is 16.9 Å². The third-order valence-corrected chi connectivity index (χ3v) is 4.85. The molecule has 6 nitrogen and oxygen atoms in total. The molecule has 0 aliphatic carbocycles. The lowest BCUT2D eigenvalue weighted by Crippen LogP contribution is -2.61. The molecule has 1 aliphatic rings. The van der Waals surface area contributed by atoms with Gasteiger partial charge in [0.05, 0.1) is 13.2 Å². The highest BCUT2D eigenvalue weighted by Gasteiger charge is 2.60. The molecule has 2 aromatic carbocycles. The first-order chi connectivity index (χ1) is 14.7. The summed E-state index contributed by atoms with van der Waals surface area (Å²) in [5.74, 6) is -1.71. The molecule has 0 spiro atoms. The van der Waals surface area contributed by atoms with Crippen molar-refractivity contribution in [3.63, 3.8) is 0 Å². The number of nitrogens with one attached hydrogen (secondary N) is 1. The molecule has 1 amide bonds. The van der Waals surface area contributed by atoms with Gasteiger partial charge in [0.2, 0.25) is 5.54 Å². The van der Waals surface area contributed by atoms with Crippen LogP contribution in [0.2, 0.25) is 0 Å². The van der Waals surface area contributed by atoms with E-state index in [2.05, 4.69) is 5.32 Å². The highest BCUT2D eigenvalue weighted by molar-refractivity contribution is 5.89. The van der Waals surface area contributed by atoms with Gasteiger partial charge in [-0.25, -0.2) is 4.39 Å². The second-order valence-corrected chi connectivity index (χ2v) is 6.90. The Bertz CT molecular complexity index is 951. The number of para-hydroxylation sites is 1. The summed E-state index contributed by atoms with van der Waals surface area (Å²) in [5, 5.41) is 2.22. The average molecular weight is 442 g/mol. The number of nitrogens with two attached hydrogens (primary N) is 1. The van der Waals surface area contributed by atoms with Crippen LogP contribution in [0, 0.1) is 5.82 Å². The van der Waals surface area contributed by atoms with E-state index in [4.69, 9.17) is 19.9 Å². The maximum Gasteiger partial charge on any atom is 0.419 e. The second kappa shape index (κ2) is 9.11. The summed E-state index contributed by atoms with van der Waals surface area (Å²) >= 11 is 0. The average Bonchev–Trinajstić information content (AvgIpc) is 2.72. The zero-order valence-corrected chi connectivity index (χ0v) is 16.7. The summed E-state index contributed by atoms with van der Waals surface area (Å²) in [7, 11) is 0. The highest BCUT2D eigenvalue weighted by atomic mass is 19.4. The van der Waals surface area contributed by atoms with E-state index < -0.39 is 29.0 Å². The van der Waals surface area contributed by atoms with E-state index in [0.717, 1.165) is 6.07 Å². The van der Waals surface area contributed by atoms with E-state index in [-0.39, 0.29) is 38.7 Å².